The summed E-state index contributed by atoms with van der Waals surface area (Å²) in [5.74, 6) is -0.395. The average molecular weight is 272 g/mol. The van der Waals surface area contributed by atoms with Crippen LogP contribution in [0.5, 0.6) is 0 Å². The summed E-state index contributed by atoms with van der Waals surface area (Å²) < 4.78 is 13.0. The first-order valence-electron chi connectivity index (χ1n) is 6.64. The van der Waals surface area contributed by atoms with Crippen LogP contribution in [-0.4, -0.2) is 17.4 Å². The summed E-state index contributed by atoms with van der Waals surface area (Å²) >= 11 is 0. The van der Waals surface area contributed by atoms with Crippen molar-refractivity contribution in [1.82, 2.24) is 10.3 Å². The second-order valence-corrected chi connectivity index (χ2v) is 4.62. The molecular formula is C16H17FN2O. The highest BCUT2D eigenvalue weighted by Crippen LogP contribution is 2.04. The van der Waals surface area contributed by atoms with Crippen LogP contribution in [-0.2, 0) is 17.6 Å². The third kappa shape index (κ3) is 4.80. The van der Waals surface area contributed by atoms with E-state index in [2.05, 4.69) is 10.3 Å². The molecule has 0 unspecified atom stereocenters. The molecule has 0 saturated heterocycles. The number of rotatable bonds is 6. The molecule has 0 fully saturated rings. The molecule has 4 heteroatoms. The Morgan fingerprint density at radius 3 is 2.80 bits per heavy atom. The molecule has 2 aromatic rings. The van der Waals surface area contributed by atoms with E-state index in [1.807, 2.05) is 18.3 Å². The smallest absolute Gasteiger partial charge is 0.224 e. The number of amides is 1. The molecule has 1 N–H and O–H groups in total. The summed E-state index contributed by atoms with van der Waals surface area (Å²) in [5.41, 5.74) is 1.85. The lowest BCUT2D eigenvalue weighted by Gasteiger charge is -2.05. The van der Waals surface area contributed by atoms with Gasteiger partial charge in [-0.15, -0.1) is 0 Å². The van der Waals surface area contributed by atoms with Crippen LogP contribution in [0.3, 0.4) is 0 Å². The van der Waals surface area contributed by atoms with Crippen molar-refractivity contribution in [2.75, 3.05) is 6.54 Å². The van der Waals surface area contributed by atoms with Crippen LogP contribution in [0, 0.1) is 5.82 Å². The van der Waals surface area contributed by atoms with Crippen molar-refractivity contribution in [3.05, 3.63) is 65.7 Å². The fourth-order valence-electron chi connectivity index (χ4n) is 1.96. The summed E-state index contributed by atoms with van der Waals surface area (Å²) in [6.07, 6.45) is 5.53. The maximum absolute atomic E-state index is 13.0. The van der Waals surface area contributed by atoms with Gasteiger partial charge < -0.3 is 5.32 Å². The molecule has 0 aliphatic rings. The van der Waals surface area contributed by atoms with Gasteiger partial charge in [-0.3, -0.25) is 9.78 Å². The standard InChI is InChI=1S/C16H17FN2O/c17-15-7-1-4-14(10-15)11-16(20)19-9-3-6-13-5-2-8-18-12-13/h1-2,4-5,7-8,10,12H,3,6,9,11H2,(H,19,20). The van der Waals surface area contributed by atoms with Crippen molar-refractivity contribution in [2.45, 2.75) is 19.3 Å². The van der Waals surface area contributed by atoms with Gasteiger partial charge in [0, 0.05) is 18.9 Å². The van der Waals surface area contributed by atoms with E-state index in [1.54, 1.807) is 18.3 Å². The molecule has 0 spiro atoms. The van der Waals surface area contributed by atoms with E-state index in [-0.39, 0.29) is 18.1 Å². The average Bonchev–Trinajstić information content (AvgIpc) is 2.45. The second-order valence-electron chi connectivity index (χ2n) is 4.62. The van der Waals surface area contributed by atoms with E-state index >= 15 is 0 Å². The summed E-state index contributed by atoms with van der Waals surface area (Å²) in [5, 5.41) is 2.84. The number of benzene rings is 1. The first kappa shape index (κ1) is 14.2. The Bertz CT molecular complexity index is 557. The highest BCUT2D eigenvalue weighted by Gasteiger charge is 2.03. The number of hydrogen-bond donors (Lipinski definition) is 1. The maximum Gasteiger partial charge on any atom is 0.224 e. The monoisotopic (exact) mass is 272 g/mol. The van der Waals surface area contributed by atoms with Crippen LogP contribution in [0.25, 0.3) is 0 Å². The largest absolute Gasteiger partial charge is 0.356 e. The van der Waals surface area contributed by atoms with Gasteiger partial charge in [0.2, 0.25) is 5.91 Å². The minimum absolute atomic E-state index is 0.0817. The molecule has 0 atom stereocenters. The Labute approximate surface area is 117 Å². The molecule has 1 heterocycles. The lowest BCUT2D eigenvalue weighted by Crippen LogP contribution is -2.26. The fraction of sp³-hybridized carbons (Fsp3) is 0.250. The number of aryl methyl sites for hydroxylation is 1. The quantitative estimate of drug-likeness (QED) is 0.821. The predicted octanol–water partition coefficient (Wildman–Crippen LogP) is 2.51. The minimum Gasteiger partial charge on any atom is -0.356 e. The van der Waals surface area contributed by atoms with Gasteiger partial charge >= 0.3 is 0 Å². The number of carbonyl (C=O) groups excluding carboxylic acids is 1. The number of halogens is 1. The van der Waals surface area contributed by atoms with Gasteiger partial charge in [-0.1, -0.05) is 18.2 Å². The lowest BCUT2D eigenvalue weighted by molar-refractivity contribution is -0.120. The molecule has 0 radical (unpaired) electrons. The Balaban J connectivity index is 1.68. The number of nitrogens with zero attached hydrogens (tertiary/aromatic N) is 1. The van der Waals surface area contributed by atoms with Crippen LogP contribution in [0.2, 0.25) is 0 Å². The van der Waals surface area contributed by atoms with Crippen molar-refractivity contribution >= 4 is 5.91 Å². The van der Waals surface area contributed by atoms with Crippen LogP contribution in [0.4, 0.5) is 4.39 Å². The maximum atomic E-state index is 13.0. The summed E-state index contributed by atoms with van der Waals surface area (Å²) in [6.45, 7) is 0.614. The summed E-state index contributed by atoms with van der Waals surface area (Å²) in [7, 11) is 0. The molecule has 0 saturated carbocycles. The minimum atomic E-state index is -0.313. The van der Waals surface area contributed by atoms with Crippen LogP contribution < -0.4 is 5.32 Å². The number of hydrogen-bond acceptors (Lipinski definition) is 2. The molecule has 104 valence electrons. The molecule has 0 aliphatic heterocycles. The highest BCUT2D eigenvalue weighted by atomic mass is 19.1. The van der Waals surface area contributed by atoms with Gasteiger partial charge in [0.25, 0.3) is 0 Å². The van der Waals surface area contributed by atoms with Crippen LogP contribution in [0.15, 0.2) is 48.8 Å². The first-order chi connectivity index (χ1) is 9.74. The Morgan fingerprint density at radius 1 is 1.20 bits per heavy atom. The topological polar surface area (TPSA) is 42.0 Å². The normalized spacial score (nSPS) is 10.2. The van der Waals surface area contributed by atoms with Crippen molar-refractivity contribution < 1.29 is 9.18 Å². The molecule has 0 bridgehead atoms. The van der Waals surface area contributed by atoms with E-state index in [4.69, 9.17) is 0 Å². The van der Waals surface area contributed by atoms with Gasteiger partial charge in [0.15, 0.2) is 0 Å². The lowest BCUT2D eigenvalue weighted by atomic mass is 10.1. The van der Waals surface area contributed by atoms with Crippen molar-refractivity contribution in [3.63, 3.8) is 0 Å². The van der Waals surface area contributed by atoms with E-state index in [0.717, 1.165) is 18.4 Å². The summed E-state index contributed by atoms with van der Waals surface area (Å²) in [4.78, 5) is 15.7. The van der Waals surface area contributed by atoms with E-state index < -0.39 is 0 Å². The fourth-order valence-corrected chi connectivity index (χ4v) is 1.96. The number of carbonyl (C=O) groups is 1. The zero-order chi connectivity index (χ0) is 14.2. The SMILES string of the molecule is O=C(Cc1cccc(F)c1)NCCCc1cccnc1. The molecule has 3 nitrogen and oxygen atoms in total. The zero-order valence-corrected chi connectivity index (χ0v) is 11.2. The predicted molar refractivity (Wildman–Crippen MR) is 75.7 cm³/mol. The van der Waals surface area contributed by atoms with E-state index in [1.165, 1.54) is 12.1 Å². The Hall–Kier alpha value is -2.23. The number of aromatic nitrogens is 1. The zero-order valence-electron chi connectivity index (χ0n) is 11.2. The van der Waals surface area contributed by atoms with Crippen molar-refractivity contribution in [2.24, 2.45) is 0 Å². The highest BCUT2D eigenvalue weighted by molar-refractivity contribution is 5.78. The van der Waals surface area contributed by atoms with E-state index in [0.29, 0.717) is 12.1 Å². The molecule has 1 aromatic carbocycles. The molecule has 1 aromatic heterocycles. The number of pyridine rings is 1. The van der Waals surface area contributed by atoms with Crippen molar-refractivity contribution in [1.29, 1.82) is 0 Å². The number of nitrogens with one attached hydrogen (secondary N) is 1. The van der Waals surface area contributed by atoms with Gasteiger partial charge in [0.1, 0.15) is 5.82 Å². The molecule has 1 amide bonds. The van der Waals surface area contributed by atoms with Gasteiger partial charge in [-0.2, -0.15) is 0 Å². The van der Waals surface area contributed by atoms with Crippen molar-refractivity contribution in [3.8, 4) is 0 Å². The summed E-state index contributed by atoms with van der Waals surface area (Å²) in [6, 6.07) is 10.0. The Kier molecular flexibility index (Phi) is 5.24. The van der Waals surface area contributed by atoms with Crippen LogP contribution in [0.1, 0.15) is 17.5 Å². The molecule has 20 heavy (non-hydrogen) atoms. The molecule has 0 aliphatic carbocycles. The van der Waals surface area contributed by atoms with Gasteiger partial charge in [-0.25, -0.2) is 4.39 Å². The third-order valence-corrected chi connectivity index (χ3v) is 2.94. The molecule has 2 rings (SSSR count). The second kappa shape index (κ2) is 7.38. The van der Waals surface area contributed by atoms with Gasteiger partial charge in [0.05, 0.1) is 6.42 Å². The first-order valence-corrected chi connectivity index (χ1v) is 6.64. The molecular weight excluding hydrogens is 255 g/mol. The van der Waals surface area contributed by atoms with Gasteiger partial charge in [-0.05, 0) is 42.2 Å². The van der Waals surface area contributed by atoms with Crippen LogP contribution >= 0.6 is 0 Å². The van der Waals surface area contributed by atoms with E-state index in [9.17, 15) is 9.18 Å². The Morgan fingerprint density at radius 2 is 2.05 bits per heavy atom. The third-order valence-electron chi connectivity index (χ3n) is 2.94.